The molecule has 1 N–H and O–H groups in total. The van der Waals surface area contributed by atoms with Crippen LogP contribution in [0, 0.1) is 5.82 Å². The maximum atomic E-state index is 14.1. The number of carbonyl (C=O) groups is 1. The molecule has 0 aliphatic carbocycles. The van der Waals surface area contributed by atoms with Crippen molar-refractivity contribution in [1.29, 1.82) is 0 Å². The number of halogens is 1. The molecule has 0 bridgehead atoms. The lowest BCUT2D eigenvalue weighted by molar-refractivity contribution is -0.108. The standard InChI is InChI=1S/C20H22FNO2/c1-14(13-23)17-4-2-3-5-20(17)22-10-8-15(9-11-22)18-7-6-16(24)12-19(18)21/h2-7,12-15,24H,8-11H2,1H3. The molecule has 1 aliphatic heterocycles. The van der Waals surface area contributed by atoms with E-state index < -0.39 is 0 Å². The Labute approximate surface area is 141 Å². The zero-order valence-electron chi connectivity index (χ0n) is 13.8. The average molecular weight is 327 g/mol. The third-order valence-electron chi connectivity index (χ3n) is 4.89. The van der Waals surface area contributed by atoms with Crippen LogP contribution < -0.4 is 4.90 Å². The van der Waals surface area contributed by atoms with Gasteiger partial charge in [-0.1, -0.05) is 31.2 Å². The molecule has 2 aromatic rings. The number of aromatic hydroxyl groups is 1. The Morgan fingerprint density at radius 1 is 1.21 bits per heavy atom. The van der Waals surface area contributed by atoms with Gasteiger partial charge >= 0.3 is 0 Å². The van der Waals surface area contributed by atoms with Crippen molar-refractivity contribution >= 4 is 12.0 Å². The molecule has 0 radical (unpaired) electrons. The molecule has 0 saturated carbocycles. The van der Waals surface area contributed by atoms with Gasteiger partial charge in [0.2, 0.25) is 0 Å². The van der Waals surface area contributed by atoms with E-state index in [1.54, 1.807) is 12.1 Å². The Hall–Kier alpha value is -2.36. The number of phenolic OH excluding ortho intramolecular Hbond substituents is 1. The van der Waals surface area contributed by atoms with Crippen LogP contribution in [0.4, 0.5) is 10.1 Å². The van der Waals surface area contributed by atoms with Crippen molar-refractivity contribution in [2.24, 2.45) is 0 Å². The molecule has 24 heavy (non-hydrogen) atoms. The summed E-state index contributed by atoms with van der Waals surface area (Å²) >= 11 is 0. The summed E-state index contributed by atoms with van der Waals surface area (Å²) in [7, 11) is 0. The number of piperidine rings is 1. The highest BCUT2D eigenvalue weighted by Crippen LogP contribution is 2.35. The highest BCUT2D eigenvalue weighted by atomic mass is 19.1. The van der Waals surface area contributed by atoms with Crippen molar-refractivity contribution in [2.75, 3.05) is 18.0 Å². The number of para-hydroxylation sites is 1. The highest BCUT2D eigenvalue weighted by molar-refractivity contribution is 5.68. The number of hydrogen-bond acceptors (Lipinski definition) is 3. The Morgan fingerprint density at radius 2 is 1.92 bits per heavy atom. The first kappa shape index (κ1) is 16.5. The fourth-order valence-electron chi connectivity index (χ4n) is 3.51. The summed E-state index contributed by atoms with van der Waals surface area (Å²) in [5.74, 6) is -0.333. The zero-order chi connectivity index (χ0) is 17.1. The third-order valence-corrected chi connectivity index (χ3v) is 4.89. The quantitative estimate of drug-likeness (QED) is 0.855. The van der Waals surface area contributed by atoms with Gasteiger partial charge in [-0.3, -0.25) is 0 Å². The van der Waals surface area contributed by atoms with Crippen LogP contribution in [0.1, 0.15) is 42.7 Å². The van der Waals surface area contributed by atoms with E-state index in [4.69, 9.17) is 0 Å². The predicted molar refractivity (Wildman–Crippen MR) is 93.2 cm³/mol. The molecule has 3 nitrogen and oxygen atoms in total. The zero-order valence-corrected chi connectivity index (χ0v) is 13.8. The van der Waals surface area contributed by atoms with Crippen molar-refractivity contribution < 1.29 is 14.3 Å². The van der Waals surface area contributed by atoms with Crippen molar-refractivity contribution in [3.05, 3.63) is 59.4 Å². The van der Waals surface area contributed by atoms with Gasteiger partial charge in [-0.15, -0.1) is 0 Å². The second-order valence-corrected chi connectivity index (χ2v) is 6.45. The SMILES string of the molecule is CC(C=O)c1ccccc1N1CCC(c2ccc(O)cc2F)CC1. The van der Waals surface area contributed by atoms with Gasteiger partial charge in [-0.2, -0.15) is 0 Å². The van der Waals surface area contributed by atoms with Gasteiger partial charge in [-0.25, -0.2) is 4.39 Å². The van der Waals surface area contributed by atoms with Gasteiger partial charge in [0.25, 0.3) is 0 Å². The predicted octanol–water partition coefficient (Wildman–Crippen LogP) is 4.22. The highest BCUT2D eigenvalue weighted by Gasteiger charge is 2.25. The van der Waals surface area contributed by atoms with Crippen LogP contribution in [0.15, 0.2) is 42.5 Å². The van der Waals surface area contributed by atoms with Gasteiger partial charge in [0.05, 0.1) is 0 Å². The van der Waals surface area contributed by atoms with Gasteiger partial charge in [0, 0.05) is 30.8 Å². The summed E-state index contributed by atoms with van der Waals surface area (Å²) in [4.78, 5) is 13.4. The van der Waals surface area contributed by atoms with E-state index in [0.29, 0.717) is 5.56 Å². The summed E-state index contributed by atoms with van der Waals surface area (Å²) in [5, 5.41) is 9.36. The number of anilines is 1. The van der Waals surface area contributed by atoms with Gasteiger partial charge in [0.1, 0.15) is 17.9 Å². The molecule has 0 aromatic heterocycles. The van der Waals surface area contributed by atoms with Gasteiger partial charge < -0.3 is 14.8 Å². The molecule has 1 aliphatic rings. The normalized spacial score (nSPS) is 16.8. The molecule has 1 fully saturated rings. The second-order valence-electron chi connectivity index (χ2n) is 6.45. The van der Waals surface area contributed by atoms with E-state index in [2.05, 4.69) is 11.0 Å². The number of hydrogen-bond donors (Lipinski definition) is 1. The Kier molecular flexibility index (Phi) is 4.84. The number of nitrogens with zero attached hydrogens (tertiary/aromatic N) is 1. The van der Waals surface area contributed by atoms with Gasteiger partial charge in [-0.05, 0) is 42.0 Å². The lowest BCUT2D eigenvalue weighted by Crippen LogP contribution is -2.34. The molecule has 1 unspecified atom stereocenters. The topological polar surface area (TPSA) is 40.5 Å². The lowest BCUT2D eigenvalue weighted by Gasteiger charge is -2.35. The minimum Gasteiger partial charge on any atom is -0.508 e. The summed E-state index contributed by atoms with van der Waals surface area (Å²) < 4.78 is 14.1. The van der Waals surface area contributed by atoms with E-state index in [-0.39, 0.29) is 23.4 Å². The number of aldehydes is 1. The van der Waals surface area contributed by atoms with E-state index in [0.717, 1.165) is 43.5 Å². The molecule has 0 amide bonds. The smallest absolute Gasteiger partial charge is 0.130 e. The molecule has 1 heterocycles. The number of phenols is 1. The maximum absolute atomic E-state index is 14.1. The Morgan fingerprint density at radius 3 is 2.58 bits per heavy atom. The molecule has 1 saturated heterocycles. The minimum atomic E-state index is -0.330. The van der Waals surface area contributed by atoms with E-state index in [1.165, 1.54) is 6.07 Å². The first-order valence-corrected chi connectivity index (χ1v) is 8.37. The summed E-state index contributed by atoms with van der Waals surface area (Å²) in [5.41, 5.74) is 2.82. The van der Waals surface area contributed by atoms with Crippen molar-refractivity contribution in [2.45, 2.75) is 31.6 Å². The summed E-state index contributed by atoms with van der Waals surface area (Å²) in [6.45, 7) is 3.56. The summed E-state index contributed by atoms with van der Waals surface area (Å²) in [6, 6.07) is 12.4. The third kappa shape index (κ3) is 3.28. The molecule has 4 heteroatoms. The van der Waals surface area contributed by atoms with E-state index >= 15 is 0 Å². The molecule has 1 atom stereocenters. The van der Waals surface area contributed by atoms with Crippen LogP contribution >= 0.6 is 0 Å². The number of benzene rings is 2. The van der Waals surface area contributed by atoms with Crippen molar-refractivity contribution in [3.63, 3.8) is 0 Å². The molecule has 0 spiro atoms. The van der Waals surface area contributed by atoms with Crippen LogP contribution in [-0.2, 0) is 4.79 Å². The molecule has 2 aromatic carbocycles. The van der Waals surface area contributed by atoms with Crippen molar-refractivity contribution in [1.82, 2.24) is 0 Å². The van der Waals surface area contributed by atoms with Crippen LogP contribution in [0.5, 0.6) is 5.75 Å². The fraction of sp³-hybridized carbons (Fsp3) is 0.350. The van der Waals surface area contributed by atoms with Crippen molar-refractivity contribution in [3.8, 4) is 5.75 Å². The summed E-state index contributed by atoms with van der Waals surface area (Å²) in [6.07, 6.45) is 2.68. The molecule has 126 valence electrons. The maximum Gasteiger partial charge on any atom is 0.130 e. The first-order valence-electron chi connectivity index (χ1n) is 8.37. The monoisotopic (exact) mass is 327 g/mol. The van der Waals surface area contributed by atoms with Crippen LogP contribution in [0.25, 0.3) is 0 Å². The first-order chi connectivity index (χ1) is 11.6. The Balaban J connectivity index is 1.75. The van der Waals surface area contributed by atoms with Gasteiger partial charge in [0.15, 0.2) is 0 Å². The van der Waals surface area contributed by atoms with E-state index in [1.807, 2.05) is 25.1 Å². The number of carbonyl (C=O) groups excluding carboxylic acids is 1. The molecular formula is C20H22FNO2. The average Bonchev–Trinajstić information content (AvgIpc) is 2.61. The molecule has 3 rings (SSSR count). The Bertz CT molecular complexity index is 723. The van der Waals surface area contributed by atoms with E-state index in [9.17, 15) is 14.3 Å². The second kappa shape index (κ2) is 7.04. The van der Waals surface area contributed by atoms with Crippen LogP contribution in [0.2, 0.25) is 0 Å². The van der Waals surface area contributed by atoms with Crippen LogP contribution in [0.3, 0.4) is 0 Å². The lowest BCUT2D eigenvalue weighted by atomic mass is 9.88. The van der Waals surface area contributed by atoms with Crippen LogP contribution in [-0.4, -0.2) is 24.5 Å². The minimum absolute atomic E-state index is 0.0366. The number of rotatable bonds is 4. The molecular weight excluding hydrogens is 305 g/mol. The largest absolute Gasteiger partial charge is 0.508 e. The fourth-order valence-corrected chi connectivity index (χ4v) is 3.51.